The highest BCUT2D eigenvalue weighted by Crippen LogP contribution is 2.20. The SMILES string of the molecule is CCc1cc(CC)c(CC)cc1CC.CCc1cc(CC)cc(CC)c1.CCc1ccc(CC)cc1.Cc1cc(C)c(C)cc1C.Cc1cc(C)cc(C)c1.Cc1ccc(C)cc1. The Hall–Kier alpha value is -4.68. The lowest BCUT2D eigenvalue weighted by Crippen LogP contribution is -1.98. The van der Waals surface area contributed by atoms with Crippen molar-refractivity contribution in [3.05, 3.63) is 209 Å². The highest BCUT2D eigenvalue weighted by atomic mass is 14.1. The first-order chi connectivity index (χ1) is 30.0. The molecule has 6 aromatic carbocycles. The zero-order valence-corrected chi connectivity index (χ0v) is 43.8. The lowest BCUT2D eigenvalue weighted by Gasteiger charge is -2.12. The van der Waals surface area contributed by atoms with Crippen LogP contribution in [0.5, 0.6) is 0 Å². The molecule has 0 aromatic heterocycles. The topological polar surface area (TPSA) is 0 Å². The van der Waals surface area contributed by atoms with Crippen molar-refractivity contribution in [2.75, 3.05) is 0 Å². The lowest BCUT2D eigenvalue weighted by atomic mass is 9.93. The molecule has 0 unspecified atom stereocenters. The average molecular weight is 847 g/mol. The van der Waals surface area contributed by atoms with Crippen molar-refractivity contribution >= 4 is 0 Å². The summed E-state index contributed by atoms with van der Waals surface area (Å²) >= 11 is 0. The van der Waals surface area contributed by atoms with Crippen LogP contribution in [0.1, 0.15) is 162 Å². The average Bonchev–Trinajstić information content (AvgIpc) is 3.29. The molecule has 0 amide bonds. The Kier molecular flexibility index (Phi) is 27.9. The summed E-state index contributed by atoms with van der Waals surface area (Å²) in [6.07, 6.45) is 10.4. The van der Waals surface area contributed by atoms with E-state index in [-0.39, 0.29) is 0 Å². The van der Waals surface area contributed by atoms with Crippen molar-refractivity contribution in [2.45, 2.75) is 182 Å². The van der Waals surface area contributed by atoms with E-state index in [1.54, 1.807) is 22.3 Å². The van der Waals surface area contributed by atoms with Crippen LogP contribution in [0, 0.1) is 62.3 Å². The van der Waals surface area contributed by atoms with Crippen molar-refractivity contribution in [3.63, 3.8) is 0 Å². The monoisotopic (exact) mass is 847 g/mol. The molecular formula is C63H90. The highest BCUT2D eigenvalue weighted by molar-refractivity contribution is 5.39. The summed E-state index contributed by atoms with van der Waals surface area (Å²) in [6.45, 7) is 39.2. The largest absolute Gasteiger partial charge is 0.0613 e. The normalized spacial score (nSPS) is 10.0. The smallest absolute Gasteiger partial charge is 0.0305 e. The number of hydrogen-bond acceptors (Lipinski definition) is 0. The second-order valence-corrected chi connectivity index (χ2v) is 17.4. The fraction of sp³-hybridized carbons (Fsp3) is 0.429. The molecule has 0 aliphatic carbocycles. The Morgan fingerprint density at radius 2 is 0.429 bits per heavy atom. The minimum atomic E-state index is 1.14. The number of rotatable bonds is 9. The second kappa shape index (κ2) is 31.2. The molecule has 0 aliphatic rings. The molecule has 0 heterocycles. The van der Waals surface area contributed by atoms with Gasteiger partial charge in [-0.15, -0.1) is 0 Å². The molecule has 0 heteroatoms. The predicted octanol–water partition coefficient (Wildman–Crippen LogP) is 18.0. The van der Waals surface area contributed by atoms with Crippen LogP contribution >= 0.6 is 0 Å². The third kappa shape index (κ3) is 22.0. The molecule has 0 saturated carbocycles. The second-order valence-electron chi connectivity index (χ2n) is 17.4. The molecule has 0 radical (unpaired) electrons. The minimum absolute atomic E-state index is 1.14. The van der Waals surface area contributed by atoms with Gasteiger partial charge in [0.25, 0.3) is 0 Å². The molecule has 342 valence electrons. The molecule has 0 spiro atoms. The zero-order valence-electron chi connectivity index (χ0n) is 43.8. The fourth-order valence-electron chi connectivity index (χ4n) is 7.51. The van der Waals surface area contributed by atoms with Crippen molar-refractivity contribution in [2.24, 2.45) is 0 Å². The van der Waals surface area contributed by atoms with E-state index in [2.05, 4.69) is 234 Å². The molecule has 0 saturated heterocycles. The molecular weight excluding hydrogens is 757 g/mol. The van der Waals surface area contributed by atoms with Crippen molar-refractivity contribution in [1.29, 1.82) is 0 Å². The van der Waals surface area contributed by atoms with Gasteiger partial charge in [-0.1, -0.05) is 199 Å². The molecule has 0 N–H and O–H groups in total. The Labute approximate surface area is 390 Å². The van der Waals surface area contributed by atoms with E-state index in [1.165, 1.54) is 104 Å². The number of hydrogen-bond donors (Lipinski definition) is 0. The van der Waals surface area contributed by atoms with Crippen LogP contribution < -0.4 is 0 Å². The van der Waals surface area contributed by atoms with E-state index >= 15 is 0 Å². The highest BCUT2D eigenvalue weighted by Gasteiger charge is 2.05. The van der Waals surface area contributed by atoms with Gasteiger partial charge < -0.3 is 0 Å². The Bertz CT molecular complexity index is 1900. The third-order valence-corrected chi connectivity index (χ3v) is 11.9. The van der Waals surface area contributed by atoms with Gasteiger partial charge in [-0.2, -0.15) is 0 Å². The van der Waals surface area contributed by atoms with Gasteiger partial charge in [-0.05, 0) is 192 Å². The summed E-state index contributed by atoms with van der Waals surface area (Å²) in [7, 11) is 0. The molecule has 6 aromatic rings. The maximum absolute atomic E-state index is 2.41. The standard InChI is InChI=1S/C14H22.C12H18.2C10H14.C9H12.C8H10/c1-5-11-9-13(7-3)14(8-4)10-12(11)6-2;1-4-10-7-11(5-2)9-12(6-3)8-10;1-7-5-9(3)10(4)6-8(7)2;1-3-9-5-7-10(4-2)8-6-9;1-7-4-8(2)6-9(3)5-7;1-7-3-5-8(2)6-4-7/h9-10H,5-8H2,1-4H3;7-9H,4-6H2,1-3H3;5-6H,1-4H3;5-8H,3-4H2,1-2H3;4-6H,1-3H3;3-6H,1-2H3. The third-order valence-electron chi connectivity index (χ3n) is 11.9. The van der Waals surface area contributed by atoms with Crippen LogP contribution in [0.2, 0.25) is 0 Å². The van der Waals surface area contributed by atoms with E-state index in [9.17, 15) is 0 Å². The van der Waals surface area contributed by atoms with Gasteiger partial charge in [0.1, 0.15) is 0 Å². The van der Waals surface area contributed by atoms with E-state index in [0.29, 0.717) is 0 Å². The van der Waals surface area contributed by atoms with Crippen LogP contribution in [0.25, 0.3) is 0 Å². The van der Waals surface area contributed by atoms with Gasteiger partial charge in [0.05, 0.1) is 0 Å². The maximum atomic E-state index is 2.41. The summed E-state index contributed by atoms with van der Waals surface area (Å²) in [5, 5.41) is 0. The van der Waals surface area contributed by atoms with Crippen molar-refractivity contribution in [3.8, 4) is 0 Å². The first-order valence-electron chi connectivity index (χ1n) is 24.5. The fourth-order valence-corrected chi connectivity index (χ4v) is 7.51. The van der Waals surface area contributed by atoms with Crippen LogP contribution in [-0.4, -0.2) is 0 Å². The lowest BCUT2D eigenvalue weighted by molar-refractivity contribution is 0.973. The molecule has 0 nitrogen and oxygen atoms in total. The van der Waals surface area contributed by atoms with Gasteiger partial charge >= 0.3 is 0 Å². The Morgan fingerprint density at radius 3 is 0.619 bits per heavy atom. The summed E-state index contributed by atoms with van der Waals surface area (Å²) < 4.78 is 0. The maximum Gasteiger partial charge on any atom is -0.0305 e. The molecule has 0 atom stereocenters. The Balaban J connectivity index is 0.000000381. The first-order valence-corrected chi connectivity index (χ1v) is 24.5. The van der Waals surface area contributed by atoms with Gasteiger partial charge in [0.2, 0.25) is 0 Å². The van der Waals surface area contributed by atoms with E-state index < -0.39 is 0 Å². The van der Waals surface area contributed by atoms with Gasteiger partial charge in [0.15, 0.2) is 0 Å². The molecule has 0 fully saturated rings. The minimum Gasteiger partial charge on any atom is -0.0613 e. The van der Waals surface area contributed by atoms with E-state index in [1.807, 2.05) is 0 Å². The van der Waals surface area contributed by atoms with Gasteiger partial charge in [0, 0.05) is 0 Å². The molecule has 6 rings (SSSR count). The number of aryl methyl sites for hydroxylation is 18. The first kappa shape index (κ1) is 56.3. The van der Waals surface area contributed by atoms with Crippen LogP contribution in [0.15, 0.2) is 109 Å². The van der Waals surface area contributed by atoms with Gasteiger partial charge in [-0.3, -0.25) is 0 Å². The number of benzene rings is 6. The summed E-state index contributed by atoms with van der Waals surface area (Å²) in [6, 6.07) is 40.1. The van der Waals surface area contributed by atoms with E-state index in [0.717, 1.165) is 32.1 Å². The van der Waals surface area contributed by atoms with Gasteiger partial charge in [-0.25, -0.2) is 0 Å². The van der Waals surface area contributed by atoms with Crippen LogP contribution in [-0.2, 0) is 57.8 Å². The summed E-state index contributed by atoms with van der Waals surface area (Å²) in [4.78, 5) is 0. The van der Waals surface area contributed by atoms with Crippen LogP contribution in [0.4, 0.5) is 0 Å². The predicted molar refractivity (Wildman–Crippen MR) is 286 cm³/mol. The van der Waals surface area contributed by atoms with Crippen LogP contribution in [0.3, 0.4) is 0 Å². The molecule has 0 aliphatic heterocycles. The van der Waals surface area contributed by atoms with Crippen molar-refractivity contribution in [1.82, 2.24) is 0 Å². The summed E-state index contributed by atoms with van der Waals surface area (Å²) in [5.41, 5.74) is 25.8. The molecule has 0 bridgehead atoms. The zero-order chi connectivity index (χ0) is 47.5. The van der Waals surface area contributed by atoms with E-state index in [4.69, 9.17) is 0 Å². The quantitative estimate of drug-likeness (QED) is 0.136. The Morgan fingerprint density at radius 1 is 0.206 bits per heavy atom. The molecule has 63 heavy (non-hydrogen) atoms. The summed E-state index contributed by atoms with van der Waals surface area (Å²) in [5.74, 6) is 0. The van der Waals surface area contributed by atoms with Crippen molar-refractivity contribution < 1.29 is 0 Å².